The topological polar surface area (TPSA) is 38.0 Å². The lowest BCUT2D eigenvalue weighted by Gasteiger charge is -2.08. The van der Waals surface area contributed by atoms with E-state index in [1.165, 1.54) is 11.0 Å². The van der Waals surface area contributed by atoms with Crippen molar-refractivity contribution in [1.29, 1.82) is 0 Å². The van der Waals surface area contributed by atoms with Crippen LogP contribution in [0.5, 0.6) is 0 Å². The first kappa shape index (κ1) is 12.8. The van der Waals surface area contributed by atoms with Crippen LogP contribution in [-0.4, -0.2) is 5.75 Å². The molecule has 0 saturated heterocycles. The van der Waals surface area contributed by atoms with Gasteiger partial charge in [0.25, 0.3) is 0 Å². The number of rotatable bonds is 4. The van der Waals surface area contributed by atoms with E-state index in [-0.39, 0.29) is 5.69 Å². The molecule has 4 heteroatoms. The van der Waals surface area contributed by atoms with Crippen molar-refractivity contribution < 1.29 is 4.39 Å². The molecule has 0 aromatic heterocycles. The lowest BCUT2D eigenvalue weighted by atomic mass is 10.2. The highest BCUT2D eigenvalue weighted by molar-refractivity contribution is 7.99. The van der Waals surface area contributed by atoms with Gasteiger partial charge in [0.2, 0.25) is 0 Å². The van der Waals surface area contributed by atoms with Crippen molar-refractivity contribution in [3.63, 3.8) is 0 Å². The molecule has 0 aliphatic heterocycles. The molecule has 18 heavy (non-hydrogen) atoms. The van der Waals surface area contributed by atoms with E-state index in [4.69, 9.17) is 5.73 Å². The third-order valence-electron chi connectivity index (χ3n) is 2.45. The van der Waals surface area contributed by atoms with Gasteiger partial charge in [-0.15, -0.1) is 11.8 Å². The Bertz CT molecular complexity index is 526. The molecule has 0 aliphatic carbocycles. The predicted octanol–water partition coefficient (Wildman–Crippen LogP) is 4.26. The average Bonchev–Trinajstić information content (AvgIpc) is 2.37. The zero-order valence-electron chi connectivity index (χ0n) is 10.1. The van der Waals surface area contributed by atoms with Crippen LogP contribution in [-0.2, 0) is 0 Å². The van der Waals surface area contributed by atoms with E-state index in [2.05, 4.69) is 12.2 Å². The van der Waals surface area contributed by atoms with Crippen molar-refractivity contribution in [2.45, 2.75) is 11.8 Å². The Morgan fingerprint density at radius 2 is 1.78 bits per heavy atom. The van der Waals surface area contributed by atoms with Gasteiger partial charge in [-0.3, -0.25) is 0 Å². The maximum absolute atomic E-state index is 13.3. The van der Waals surface area contributed by atoms with Gasteiger partial charge < -0.3 is 11.1 Å². The average molecular weight is 262 g/mol. The van der Waals surface area contributed by atoms with Gasteiger partial charge in [-0.2, -0.15) is 0 Å². The number of benzene rings is 2. The number of halogens is 1. The van der Waals surface area contributed by atoms with E-state index in [9.17, 15) is 4.39 Å². The number of thioether (sulfide) groups is 1. The molecule has 2 rings (SSSR count). The van der Waals surface area contributed by atoms with Crippen LogP contribution in [0, 0.1) is 5.82 Å². The Morgan fingerprint density at radius 3 is 2.39 bits per heavy atom. The molecule has 0 fully saturated rings. The summed E-state index contributed by atoms with van der Waals surface area (Å²) in [5.41, 5.74) is 7.21. The summed E-state index contributed by atoms with van der Waals surface area (Å²) >= 11 is 1.79. The second kappa shape index (κ2) is 5.78. The van der Waals surface area contributed by atoms with E-state index in [0.29, 0.717) is 5.69 Å². The van der Waals surface area contributed by atoms with Gasteiger partial charge >= 0.3 is 0 Å². The maximum atomic E-state index is 13.3. The summed E-state index contributed by atoms with van der Waals surface area (Å²) in [5, 5.41) is 3.14. The minimum absolute atomic E-state index is 0.162. The Kier molecular flexibility index (Phi) is 4.10. The number of hydrogen-bond donors (Lipinski definition) is 2. The first-order valence-electron chi connectivity index (χ1n) is 5.74. The molecule has 0 saturated carbocycles. The lowest BCUT2D eigenvalue weighted by molar-refractivity contribution is 0.633. The van der Waals surface area contributed by atoms with E-state index in [1.54, 1.807) is 23.9 Å². The van der Waals surface area contributed by atoms with Gasteiger partial charge in [-0.1, -0.05) is 6.92 Å². The molecule has 0 unspecified atom stereocenters. The van der Waals surface area contributed by atoms with Crippen molar-refractivity contribution in [2.75, 3.05) is 16.8 Å². The van der Waals surface area contributed by atoms with Crippen LogP contribution in [0.25, 0.3) is 0 Å². The molecule has 2 aromatic rings. The Morgan fingerprint density at radius 1 is 1.11 bits per heavy atom. The van der Waals surface area contributed by atoms with Crippen molar-refractivity contribution in [1.82, 2.24) is 0 Å². The quantitative estimate of drug-likeness (QED) is 0.638. The molecule has 0 amide bonds. The SMILES string of the molecule is CCSc1ccc(Nc2ccc(N)c(F)c2)cc1. The van der Waals surface area contributed by atoms with Gasteiger partial charge in [0.1, 0.15) is 5.82 Å². The van der Waals surface area contributed by atoms with E-state index in [1.807, 2.05) is 24.3 Å². The van der Waals surface area contributed by atoms with Gasteiger partial charge in [0.15, 0.2) is 0 Å². The summed E-state index contributed by atoms with van der Waals surface area (Å²) in [6, 6.07) is 12.8. The highest BCUT2D eigenvalue weighted by Crippen LogP contribution is 2.23. The normalized spacial score (nSPS) is 10.3. The first-order valence-corrected chi connectivity index (χ1v) is 6.72. The van der Waals surface area contributed by atoms with Crippen LogP contribution < -0.4 is 11.1 Å². The van der Waals surface area contributed by atoms with Crippen molar-refractivity contribution >= 4 is 28.8 Å². The van der Waals surface area contributed by atoms with Crippen LogP contribution in [0.15, 0.2) is 47.4 Å². The maximum Gasteiger partial charge on any atom is 0.148 e. The van der Waals surface area contributed by atoms with E-state index in [0.717, 1.165) is 11.4 Å². The largest absolute Gasteiger partial charge is 0.396 e. The summed E-state index contributed by atoms with van der Waals surface area (Å²) < 4.78 is 13.3. The Hall–Kier alpha value is -1.68. The van der Waals surface area contributed by atoms with Crippen LogP contribution in [0.3, 0.4) is 0 Å². The fourth-order valence-electron chi connectivity index (χ4n) is 1.57. The van der Waals surface area contributed by atoms with Crippen LogP contribution in [0.2, 0.25) is 0 Å². The second-order valence-electron chi connectivity index (χ2n) is 3.82. The number of anilines is 3. The molecule has 2 aromatic carbocycles. The standard InChI is InChI=1S/C14H15FN2S/c1-2-18-12-6-3-10(4-7-12)17-11-5-8-14(16)13(15)9-11/h3-9,17H,2,16H2,1H3. The van der Waals surface area contributed by atoms with Gasteiger partial charge in [-0.25, -0.2) is 4.39 Å². The molecule has 0 radical (unpaired) electrons. The zero-order valence-corrected chi connectivity index (χ0v) is 10.9. The molecule has 3 N–H and O–H groups in total. The number of nitrogen functional groups attached to an aromatic ring is 1. The molecule has 0 aliphatic rings. The predicted molar refractivity (Wildman–Crippen MR) is 76.9 cm³/mol. The van der Waals surface area contributed by atoms with E-state index >= 15 is 0 Å². The summed E-state index contributed by atoms with van der Waals surface area (Å²) in [6.07, 6.45) is 0. The van der Waals surface area contributed by atoms with Gasteiger partial charge in [0, 0.05) is 16.3 Å². The lowest BCUT2D eigenvalue weighted by Crippen LogP contribution is -1.94. The minimum Gasteiger partial charge on any atom is -0.396 e. The first-order chi connectivity index (χ1) is 8.69. The minimum atomic E-state index is -0.404. The van der Waals surface area contributed by atoms with Gasteiger partial charge in [0.05, 0.1) is 5.69 Å². The fourth-order valence-corrected chi connectivity index (χ4v) is 2.23. The number of nitrogens with two attached hydrogens (primary N) is 1. The highest BCUT2D eigenvalue weighted by Gasteiger charge is 2.00. The molecule has 0 spiro atoms. The molecule has 0 heterocycles. The highest BCUT2D eigenvalue weighted by atomic mass is 32.2. The van der Waals surface area contributed by atoms with E-state index < -0.39 is 5.82 Å². The summed E-state index contributed by atoms with van der Waals surface area (Å²) in [6.45, 7) is 2.12. The molecule has 2 nitrogen and oxygen atoms in total. The summed E-state index contributed by atoms with van der Waals surface area (Å²) in [4.78, 5) is 1.23. The van der Waals surface area contributed by atoms with Crippen molar-refractivity contribution in [2.24, 2.45) is 0 Å². The smallest absolute Gasteiger partial charge is 0.148 e. The number of nitrogens with one attached hydrogen (secondary N) is 1. The van der Waals surface area contributed by atoms with Crippen molar-refractivity contribution in [3.05, 3.63) is 48.3 Å². The summed E-state index contributed by atoms with van der Waals surface area (Å²) in [7, 11) is 0. The fraction of sp³-hybridized carbons (Fsp3) is 0.143. The number of hydrogen-bond acceptors (Lipinski definition) is 3. The van der Waals surface area contributed by atoms with Gasteiger partial charge in [-0.05, 0) is 48.2 Å². The monoisotopic (exact) mass is 262 g/mol. The molecule has 94 valence electrons. The Balaban J connectivity index is 2.10. The molecular formula is C14H15FN2S. The van der Waals surface area contributed by atoms with Crippen LogP contribution in [0.4, 0.5) is 21.5 Å². The molecular weight excluding hydrogens is 247 g/mol. The zero-order chi connectivity index (χ0) is 13.0. The van der Waals surface area contributed by atoms with Crippen molar-refractivity contribution in [3.8, 4) is 0 Å². The summed E-state index contributed by atoms with van der Waals surface area (Å²) in [5.74, 6) is 0.647. The molecule has 0 bridgehead atoms. The third-order valence-corrected chi connectivity index (χ3v) is 3.35. The Labute approximate surface area is 110 Å². The van der Waals surface area contributed by atoms with Crippen LogP contribution in [0.1, 0.15) is 6.92 Å². The second-order valence-corrected chi connectivity index (χ2v) is 5.16. The van der Waals surface area contributed by atoms with Crippen LogP contribution >= 0.6 is 11.8 Å². The molecule has 0 atom stereocenters. The third kappa shape index (κ3) is 3.17.